The van der Waals surface area contributed by atoms with Crippen molar-refractivity contribution in [2.75, 3.05) is 25.5 Å². The third-order valence-electron chi connectivity index (χ3n) is 3.56. The number of hydrogen-bond donors (Lipinski definition) is 2. The normalized spacial score (nSPS) is 17.3. The van der Waals surface area contributed by atoms with Crippen molar-refractivity contribution >= 4 is 27.3 Å². The van der Waals surface area contributed by atoms with Crippen molar-refractivity contribution in [3.05, 3.63) is 22.7 Å². The van der Waals surface area contributed by atoms with E-state index < -0.39 is 10.0 Å². The van der Waals surface area contributed by atoms with Crippen LogP contribution in [0, 0.1) is 12.8 Å². The van der Waals surface area contributed by atoms with Crippen molar-refractivity contribution in [2.45, 2.75) is 24.7 Å². The third kappa shape index (κ3) is 3.63. The predicted molar refractivity (Wildman–Crippen MR) is 79.3 cm³/mol. The molecule has 1 fully saturated rings. The Bertz CT molecular complexity index is 584. The summed E-state index contributed by atoms with van der Waals surface area (Å²) in [5.74, 6) is 0.315. The second-order valence-electron chi connectivity index (χ2n) is 5.03. The summed E-state index contributed by atoms with van der Waals surface area (Å²) in [6.45, 7) is 3.47. The fourth-order valence-corrected chi connectivity index (χ4v) is 3.91. The van der Waals surface area contributed by atoms with E-state index in [0.717, 1.165) is 12.8 Å². The lowest BCUT2D eigenvalue weighted by molar-refractivity contribution is 0.0678. The largest absolute Gasteiger partial charge is 0.398 e. The number of anilines is 1. The molecule has 20 heavy (non-hydrogen) atoms. The summed E-state index contributed by atoms with van der Waals surface area (Å²) in [5, 5.41) is 0.319. The van der Waals surface area contributed by atoms with Gasteiger partial charge in [-0.1, -0.05) is 11.6 Å². The molecule has 0 saturated carbocycles. The van der Waals surface area contributed by atoms with Crippen LogP contribution in [0.3, 0.4) is 0 Å². The van der Waals surface area contributed by atoms with Gasteiger partial charge in [0.25, 0.3) is 0 Å². The van der Waals surface area contributed by atoms with E-state index in [-0.39, 0.29) is 4.90 Å². The van der Waals surface area contributed by atoms with Crippen LogP contribution in [0.25, 0.3) is 0 Å². The highest BCUT2D eigenvalue weighted by atomic mass is 35.5. The molecule has 0 radical (unpaired) electrons. The molecule has 1 aliphatic heterocycles. The Morgan fingerprint density at radius 2 is 2.05 bits per heavy atom. The average molecular weight is 319 g/mol. The van der Waals surface area contributed by atoms with E-state index in [9.17, 15) is 8.42 Å². The zero-order chi connectivity index (χ0) is 14.8. The van der Waals surface area contributed by atoms with Crippen LogP contribution in [-0.4, -0.2) is 28.2 Å². The van der Waals surface area contributed by atoms with Gasteiger partial charge in [0, 0.05) is 30.5 Å². The Labute approximate surface area is 124 Å². The van der Waals surface area contributed by atoms with Gasteiger partial charge < -0.3 is 10.5 Å². The van der Waals surface area contributed by atoms with E-state index in [1.807, 2.05) is 0 Å². The van der Waals surface area contributed by atoms with Crippen molar-refractivity contribution in [1.29, 1.82) is 0 Å². The molecule has 1 heterocycles. The lowest BCUT2D eigenvalue weighted by Gasteiger charge is -2.22. The molecule has 3 N–H and O–H groups in total. The molecule has 0 aliphatic carbocycles. The summed E-state index contributed by atoms with van der Waals surface area (Å²) < 4.78 is 32.6. The van der Waals surface area contributed by atoms with Gasteiger partial charge >= 0.3 is 0 Å². The second kappa shape index (κ2) is 6.30. The SMILES string of the molecule is Cc1c(N)cc(Cl)cc1S(=O)(=O)NCC1CCOCC1. The van der Waals surface area contributed by atoms with Gasteiger partial charge in [-0.15, -0.1) is 0 Å². The fraction of sp³-hybridized carbons (Fsp3) is 0.538. The van der Waals surface area contributed by atoms with Gasteiger partial charge in [0.15, 0.2) is 0 Å². The molecule has 0 atom stereocenters. The van der Waals surface area contributed by atoms with Crippen LogP contribution in [0.1, 0.15) is 18.4 Å². The van der Waals surface area contributed by atoms with E-state index in [1.165, 1.54) is 6.07 Å². The molecule has 1 aromatic rings. The topological polar surface area (TPSA) is 81.4 Å². The molecular weight excluding hydrogens is 300 g/mol. The average Bonchev–Trinajstić information content (AvgIpc) is 2.42. The van der Waals surface area contributed by atoms with Crippen LogP contribution < -0.4 is 10.5 Å². The van der Waals surface area contributed by atoms with E-state index in [0.29, 0.717) is 41.9 Å². The summed E-state index contributed by atoms with van der Waals surface area (Å²) in [5.41, 5.74) is 6.66. The van der Waals surface area contributed by atoms with Crippen molar-refractivity contribution in [2.24, 2.45) is 5.92 Å². The number of halogens is 1. The summed E-state index contributed by atoms with van der Waals surface area (Å²) in [6, 6.07) is 2.98. The molecule has 0 aromatic heterocycles. The molecule has 0 bridgehead atoms. The lowest BCUT2D eigenvalue weighted by Crippen LogP contribution is -2.32. The number of nitrogens with one attached hydrogen (secondary N) is 1. The first-order valence-electron chi connectivity index (χ1n) is 6.53. The first kappa shape index (κ1) is 15.6. The van der Waals surface area contributed by atoms with Crippen molar-refractivity contribution < 1.29 is 13.2 Å². The van der Waals surface area contributed by atoms with Crippen LogP contribution in [-0.2, 0) is 14.8 Å². The molecule has 5 nitrogen and oxygen atoms in total. The lowest BCUT2D eigenvalue weighted by atomic mass is 10.0. The zero-order valence-corrected chi connectivity index (χ0v) is 12.9. The quantitative estimate of drug-likeness (QED) is 0.831. The number of hydrogen-bond acceptors (Lipinski definition) is 4. The van der Waals surface area contributed by atoms with Gasteiger partial charge in [-0.2, -0.15) is 0 Å². The summed E-state index contributed by atoms with van der Waals surface area (Å²) in [7, 11) is -3.59. The van der Waals surface area contributed by atoms with Gasteiger partial charge in [-0.3, -0.25) is 0 Å². The number of nitrogen functional groups attached to an aromatic ring is 1. The smallest absolute Gasteiger partial charge is 0.240 e. The maximum Gasteiger partial charge on any atom is 0.240 e. The molecule has 7 heteroatoms. The van der Waals surface area contributed by atoms with E-state index in [1.54, 1.807) is 13.0 Å². The highest BCUT2D eigenvalue weighted by Gasteiger charge is 2.21. The molecule has 1 saturated heterocycles. The Morgan fingerprint density at radius 3 is 2.70 bits per heavy atom. The first-order valence-corrected chi connectivity index (χ1v) is 8.39. The number of nitrogens with two attached hydrogens (primary N) is 1. The maximum atomic E-state index is 12.3. The van der Waals surface area contributed by atoms with Crippen LogP contribution in [0.15, 0.2) is 17.0 Å². The number of benzene rings is 1. The minimum atomic E-state index is -3.59. The van der Waals surface area contributed by atoms with Crippen LogP contribution in [0.4, 0.5) is 5.69 Å². The molecule has 0 amide bonds. The molecule has 1 aromatic carbocycles. The third-order valence-corrected chi connectivity index (χ3v) is 5.33. The Hall–Kier alpha value is -0.820. The molecular formula is C13H19ClN2O3S. The highest BCUT2D eigenvalue weighted by Crippen LogP contribution is 2.26. The Balaban J connectivity index is 2.14. The summed E-state index contributed by atoms with van der Waals surface area (Å²) >= 11 is 5.89. The van der Waals surface area contributed by atoms with Crippen LogP contribution in [0.2, 0.25) is 5.02 Å². The number of rotatable bonds is 4. The van der Waals surface area contributed by atoms with Crippen LogP contribution in [0.5, 0.6) is 0 Å². The van der Waals surface area contributed by atoms with E-state index in [2.05, 4.69) is 4.72 Å². The van der Waals surface area contributed by atoms with E-state index in [4.69, 9.17) is 22.1 Å². The van der Waals surface area contributed by atoms with Crippen molar-refractivity contribution in [1.82, 2.24) is 4.72 Å². The molecule has 2 rings (SSSR count). The fourth-order valence-electron chi connectivity index (χ4n) is 2.21. The molecule has 112 valence electrons. The second-order valence-corrected chi connectivity index (χ2v) is 7.20. The minimum Gasteiger partial charge on any atom is -0.398 e. The zero-order valence-electron chi connectivity index (χ0n) is 11.4. The monoisotopic (exact) mass is 318 g/mol. The Morgan fingerprint density at radius 1 is 1.40 bits per heavy atom. The van der Waals surface area contributed by atoms with Gasteiger partial charge in [-0.25, -0.2) is 13.1 Å². The van der Waals surface area contributed by atoms with Gasteiger partial charge in [0.1, 0.15) is 0 Å². The van der Waals surface area contributed by atoms with Gasteiger partial charge in [0.05, 0.1) is 4.90 Å². The Kier molecular flexibility index (Phi) is 4.90. The first-order chi connectivity index (χ1) is 9.40. The minimum absolute atomic E-state index is 0.148. The standard InChI is InChI=1S/C13H19ClN2O3S/c1-9-12(15)6-11(14)7-13(9)20(17,18)16-8-10-2-4-19-5-3-10/h6-7,10,16H,2-5,8,15H2,1H3. The van der Waals surface area contributed by atoms with Crippen molar-refractivity contribution in [3.63, 3.8) is 0 Å². The molecule has 1 aliphatic rings. The molecule has 0 unspecified atom stereocenters. The van der Waals surface area contributed by atoms with Gasteiger partial charge in [-0.05, 0) is 43.4 Å². The van der Waals surface area contributed by atoms with Gasteiger partial charge in [0.2, 0.25) is 10.0 Å². The number of sulfonamides is 1. The van der Waals surface area contributed by atoms with Crippen LogP contribution >= 0.6 is 11.6 Å². The van der Waals surface area contributed by atoms with Crippen molar-refractivity contribution in [3.8, 4) is 0 Å². The van der Waals surface area contributed by atoms with E-state index >= 15 is 0 Å². The summed E-state index contributed by atoms with van der Waals surface area (Å²) in [4.78, 5) is 0.148. The number of ether oxygens (including phenoxy) is 1. The maximum absolute atomic E-state index is 12.3. The summed E-state index contributed by atoms with van der Waals surface area (Å²) in [6.07, 6.45) is 1.75. The predicted octanol–water partition coefficient (Wildman–Crippen LogP) is 1.94. The highest BCUT2D eigenvalue weighted by molar-refractivity contribution is 7.89. The molecule has 0 spiro atoms.